The first-order valence-corrected chi connectivity index (χ1v) is 6.56. The molecule has 0 saturated carbocycles. The van der Waals surface area contributed by atoms with Crippen LogP contribution < -0.4 is 11.1 Å². The van der Waals surface area contributed by atoms with Gasteiger partial charge in [0.2, 0.25) is 0 Å². The summed E-state index contributed by atoms with van der Waals surface area (Å²) < 4.78 is 18.8. The fourth-order valence-corrected chi connectivity index (χ4v) is 1.54. The number of rotatable bonds is 8. The van der Waals surface area contributed by atoms with Crippen LogP contribution in [0.25, 0.3) is 0 Å². The van der Waals surface area contributed by atoms with Gasteiger partial charge in [0, 0.05) is 25.4 Å². The van der Waals surface area contributed by atoms with Crippen molar-refractivity contribution in [2.75, 3.05) is 25.5 Å². The topological polar surface area (TPSA) is 64.3 Å². The van der Waals surface area contributed by atoms with Gasteiger partial charge in [0.1, 0.15) is 5.82 Å². The van der Waals surface area contributed by atoms with Crippen LogP contribution in [0, 0.1) is 5.82 Å². The summed E-state index contributed by atoms with van der Waals surface area (Å²) in [6.45, 7) is 3.92. The molecule has 0 aromatic heterocycles. The van der Waals surface area contributed by atoms with Crippen LogP contribution in [0.15, 0.2) is 18.2 Å². The van der Waals surface area contributed by atoms with Crippen molar-refractivity contribution in [2.24, 2.45) is 0 Å². The molecule has 0 heterocycles. The number of hydrogen-bond donors (Lipinski definition) is 2. The van der Waals surface area contributed by atoms with E-state index >= 15 is 0 Å². The molecule has 0 aliphatic carbocycles. The van der Waals surface area contributed by atoms with Gasteiger partial charge in [-0.15, -0.1) is 0 Å². The van der Waals surface area contributed by atoms with Crippen molar-refractivity contribution in [3.8, 4) is 0 Å². The molecule has 0 unspecified atom stereocenters. The Hall–Kier alpha value is -1.62. The molecule has 106 valence electrons. The monoisotopic (exact) mass is 268 g/mol. The normalized spacial score (nSPS) is 10.4. The molecule has 4 nitrogen and oxygen atoms in total. The Morgan fingerprint density at radius 2 is 2.11 bits per heavy atom. The third kappa shape index (κ3) is 5.70. The Bertz CT molecular complexity index is 410. The average Bonchev–Trinajstić information content (AvgIpc) is 2.37. The fraction of sp³-hybridized carbons (Fsp3) is 0.500. The van der Waals surface area contributed by atoms with E-state index in [0.717, 1.165) is 25.5 Å². The van der Waals surface area contributed by atoms with Crippen molar-refractivity contribution in [1.82, 2.24) is 5.32 Å². The van der Waals surface area contributed by atoms with Crippen molar-refractivity contribution < 1.29 is 13.9 Å². The Morgan fingerprint density at radius 1 is 1.37 bits per heavy atom. The second kappa shape index (κ2) is 8.48. The predicted molar refractivity (Wildman–Crippen MR) is 73.5 cm³/mol. The zero-order valence-electron chi connectivity index (χ0n) is 11.2. The maximum atomic E-state index is 13.5. The lowest BCUT2D eigenvalue weighted by Gasteiger charge is -2.07. The highest BCUT2D eigenvalue weighted by Gasteiger charge is 2.10. The van der Waals surface area contributed by atoms with Crippen molar-refractivity contribution >= 4 is 11.6 Å². The molecular formula is C14H21FN2O2. The standard InChI is InChI=1S/C14H21FN2O2/c1-2-3-8-19-9-4-7-17-14(18)12-6-5-11(16)10-13(12)15/h5-6,10H,2-4,7-9,16H2,1H3,(H,17,18). The van der Waals surface area contributed by atoms with E-state index in [9.17, 15) is 9.18 Å². The lowest BCUT2D eigenvalue weighted by atomic mass is 10.2. The largest absolute Gasteiger partial charge is 0.399 e. The molecule has 1 amide bonds. The number of benzene rings is 1. The maximum absolute atomic E-state index is 13.5. The first kappa shape index (κ1) is 15.4. The van der Waals surface area contributed by atoms with Gasteiger partial charge >= 0.3 is 0 Å². The molecule has 0 spiro atoms. The number of amides is 1. The fourth-order valence-electron chi connectivity index (χ4n) is 1.54. The Balaban J connectivity index is 2.24. The quantitative estimate of drug-likeness (QED) is 0.562. The second-order valence-electron chi connectivity index (χ2n) is 4.31. The van der Waals surface area contributed by atoms with Crippen LogP contribution in [0.3, 0.4) is 0 Å². The SMILES string of the molecule is CCCCOCCCNC(=O)c1ccc(N)cc1F. The number of ether oxygens (including phenoxy) is 1. The van der Waals surface area contributed by atoms with E-state index in [4.69, 9.17) is 10.5 Å². The van der Waals surface area contributed by atoms with E-state index < -0.39 is 11.7 Å². The van der Waals surface area contributed by atoms with Gasteiger partial charge in [-0.25, -0.2) is 4.39 Å². The van der Waals surface area contributed by atoms with Gasteiger partial charge in [-0.1, -0.05) is 13.3 Å². The predicted octanol–water partition coefficient (Wildman–Crippen LogP) is 2.34. The lowest BCUT2D eigenvalue weighted by molar-refractivity contribution is 0.0936. The van der Waals surface area contributed by atoms with Crippen LogP contribution in [0.4, 0.5) is 10.1 Å². The third-order valence-electron chi connectivity index (χ3n) is 2.63. The molecule has 0 radical (unpaired) electrons. The number of carbonyl (C=O) groups is 1. The number of anilines is 1. The molecule has 0 saturated heterocycles. The van der Waals surface area contributed by atoms with Crippen molar-refractivity contribution in [3.63, 3.8) is 0 Å². The smallest absolute Gasteiger partial charge is 0.254 e. The molecule has 0 fully saturated rings. The minimum absolute atomic E-state index is 0.0149. The van der Waals surface area contributed by atoms with Crippen molar-refractivity contribution in [1.29, 1.82) is 0 Å². The average molecular weight is 268 g/mol. The van der Waals surface area contributed by atoms with Crippen LogP contribution in [0.2, 0.25) is 0 Å². The van der Waals surface area contributed by atoms with Crippen LogP contribution in [0.5, 0.6) is 0 Å². The zero-order chi connectivity index (χ0) is 14.1. The summed E-state index contributed by atoms with van der Waals surface area (Å²) in [4.78, 5) is 11.7. The van der Waals surface area contributed by atoms with Gasteiger partial charge in [-0.3, -0.25) is 4.79 Å². The summed E-state index contributed by atoms with van der Waals surface area (Å²) in [6, 6.07) is 4.03. The summed E-state index contributed by atoms with van der Waals surface area (Å²) in [7, 11) is 0. The molecule has 0 atom stereocenters. The molecule has 3 N–H and O–H groups in total. The van der Waals surface area contributed by atoms with Crippen LogP contribution in [-0.4, -0.2) is 25.7 Å². The molecule has 0 aliphatic heterocycles. The molecule has 5 heteroatoms. The number of nitrogens with two attached hydrogens (primary N) is 1. The second-order valence-corrected chi connectivity index (χ2v) is 4.31. The molecular weight excluding hydrogens is 247 g/mol. The zero-order valence-corrected chi connectivity index (χ0v) is 11.2. The molecule has 1 rings (SSSR count). The number of halogens is 1. The summed E-state index contributed by atoms with van der Waals surface area (Å²) in [5.41, 5.74) is 5.74. The molecule has 1 aromatic rings. The summed E-state index contributed by atoms with van der Waals surface area (Å²) in [5, 5.41) is 2.65. The molecule has 19 heavy (non-hydrogen) atoms. The van der Waals surface area contributed by atoms with Crippen LogP contribution in [-0.2, 0) is 4.74 Å². The van der Waals surface area contributed by atoms with Crippen molar-refractivity contribution in [2.45, 2.75) is 26.2 Å². The highest BCUT2D eigenvalue weighted by molar-refractivity contribution is 5.94. The van der Waals surface area contributed by atoms with E-state index in [1.54, 1.807) is 0 Å². The molecule has 0 aliphatic rings. The number of unbranched alkanes of at least 4 members (excludes halogenated alkanes) is 1. The van der Waals surface area contributed by atoms with Gasteiger partial charge in [0.05, 0.1) is 5.56 Å². The Kier molecular flexibility index (Phi) is 6.89. The Labute approximate surface area is 113 Å². The number of carbonyl (C=O) groups excluding carboxylic acids is 1. The first-order chi connectivity index (χ1) is 9.15. The van der Waals surface area contributed by atoms with Crippen LogP contribution >= 0.6 is 0 Å². The minimum atomic E-state index is -0.600. The lowest BCUT2D eigenvalue weighted by Crippen LogP contribution is -2.26. The van der Waals surface area contributed by atoms with E-state index in [1.165, 1.54) is 12.1 Å². The first-order valence-electron chi connectivity index (χ1n) is 6.56. The third-order valence-corrected chi connectivity index (χ3v) is 2.63. The highest BCUT2D eigenvalue weighted by Crippen LogP contribution is 2.11. The molecule has 1 aromatic carbocycles. The van der Waals surface area contributed by atoms with Gasteiger partial charge in [-0.05, 0) is 31.0 Å². The summed E-state index contributed by atoms with van der Waals surface area (Å²) >= 11 is 0. The van der Waals surface area contributed by atoms with Crippen molar-refractivity contribution in [3.05, 3.63) is 29.6 Å². The number of nitrogen functional groups attached to an aromatic ring is 1. The van der Waals surface area contributed by atoms with E-state index in [0.29, 0.717) is 25.3 Å². The highest BCUT2D eigenvalue weighted by atomic mass is 19.1. The molecule has 0 bridgehead atoms. The summed E-state index contributed by atoms with van der Waals surface area (Å²) in [5.74, 6) is -1.03. The van der Waals surface area contributed by atoms with E-state index in [-0.39, 0.29) is 5.56 Å². The number of nitrogens with one attached hydrogen (secondary N) is 1. The van der Waals surface area contributed by atoms with E-state index in [2.05, 4.69) is 12.2 Å². The maximum Gasteiger partial charge on any atom is 0.254 e. The van der Waals surface area contributed by atoms with Gasteiger partial charge < -0.3 is 15.8 Å². The van der Waals surface area contributed by atoms with E-state index in [1.807, 2.05) is 0 Å². The van der Waals surface area contributed by atoms with Gasteiger partial charge in [0.15, 0.2) is 0 Å². The minimum Gasteiger partial charge on any atom is -0.399 e. The van der Waals surface area contributed by atoms with Gasteiger partial charge in [-0.2, -0.15) is 0 Å². The summed E-state index contributed by atoms with van der Waals surface area (Å²) in [6.07, 6.45) is 2.86. The van der Waals surface area contributed by atoms with Gasteiger partial charge in [0.25, 0.3) is 5.91 Å². The number of hydrogen-bond acceptors (Lipinski definition) is 3. The Morgan fingerprint density at radius 3 is 2.79 bits per heavy atom. The van der Waals surface area contributed by atoms with Crippen LogP contribution in [0.1, 0.15) is 36.5 Å².